The van der Waals surface area contributed by atoms with E-state index in [-0.39, 0.29) is 36.7 Å². The van der Waals surface area contributed by atoms with Crippen LogP contribution in [0.25, 0.3) is 0 Å². The Morgan fingerprint density at radius 1 is 1.31 bits per heavy atom. The molecule has 1 aliphatic heterocycles. The third kappa shape index (κ3) is 6.93. The molecule has 0 aliphatic carbocycles. The minimum atomic E-state index is -1.33. The molecule has 0 radical (unpaired) electrons. The lowest BCUT2D eigenvalue weighted by Gasteiger charge is -2.33. The summed E-state index contributed by atoms with van der Waals surface area (Å²) in [6.45, 7) is 3.57. The first-order valence-corrected chi connectivity index (χ1v) is 10.7. The molecule has 1 saturated heterocycles. The van der Waals surface area contributed by atoms with Gasteiger partial charge in [0.05, 0.1) is 24.2 Å². The number of Topliss-reactive ketones (excluding diaryl/α,β-unsaturated/α-hetero) is 1. The predicted octanol–water partition coefficient (Wildman–Crippen LogP) is 2.28. The van der Waals surface area contributed by atoms with E-state index in [0.717, 1.165) is 7.11 Å². The number of amides is 1. The van der Waals surface area contributed by atoms with Gasteiger partial charge in [0.15, 0.2) is 11.9 Å². The van der Waals surface area contributed by atoms with Gasteiger partial charge in [-0.2, -0.15) is 0 Å². The number of carbonyl (C=O) groups excluding carboxylic acids is 4. The molecule has 0 spiro atoms. The number of nitrogens with two attached hydrogens (primary N) is 1. The van der Waals surface area contributed by atoms with Gasteiger partial charge in [-0.3, -0.25) is 14.4 Å². The summed E-state index contributed by atoms with van der Waals surface area (Å²) >= 11 is 11.9. The van der Waals surface area contributed by atoms with Gasteiger partial charge in [-0.05, 0) is 30.5 Å². The van der Waals surface area contributed by atoms with Crippen LogP contribution in [0.1, 0.15) is 38.5 Å². The first kappa shape index (κ1) is 26.1. The molecule has 1 amide bonds. The number of hydrogen-bond donors (Lipinski definition) is 2. The molecule has 0 unspecified atom stereocenters. The van der Waals surface area contributed by atoms with Crippen molar-refractivity contribution in [1.29, 1.82) is 0 Å². The summed E-state index contributed by atoms with van der Waals surface area (Å²) in [5.41, 5.74) is 5.83. The quantitative estimate of drug-likeness (QED) is 0.399. The van der Waals surface area contributed by atoms with Gasteiger partial charge in [-0.1, -0.05) is 37.0 Å². The minimum Gasteiger partial charge on any atom is -0.508 e. The Morgan fingerprint density at radius 2 is 2.00 bits per heavy atom. The van der Waals surface area contributed by atoms with Crippen LogP contribution in [-0.4, -0.2) is 56.5 Å². The second kappa shape index (κ2) is 11.6. The number of hydrogen-bond acceptors (Lipinski definition) is 8. The molecule has 0 saturated carbocycles. The molecule has 1 fully saturated rings. The molecular weight excluding hydrogens is 462 g/mol. The van der Waals surface area contributed by atoms with E-state index in [9.17, 15) is 19.2 Å². The van der Waals surface area contributed by atoms with Gasteiger partial charge < -0.3 is 25.1 Å². The number of nitrogens with one attached hydrogen (secondary N) is 1. The minimum absolute atomic E-state index is 0. The Hall–Kier alpha value is -2.14. The SMILES string of the molecule is COC(=O)[C@@H]1OB([C@@H](CC(=O)CNC(=O)c2cc(Cl)ccc2Cl)CC(C)C)OC(=O)[C@H]1N.[HH]. The smallest absolute Gasteiger partial charge is 0.508 e. The van der Waals surface area contributed by atoms with E-state index in [0.29, 0.717) is 11.4 Å². The van der Waals surface area contributed by atoms with Gasteiger partial charge >= 0.3 is 19.1 Å². The molecule has 3 atom stereocenters. The number of carbonyl (C=O) groups is 4. The Kier molecular flexibility index (Phi) is 9.51. The maximum atomic E-state index is 12.6. The molecular formula is C20H27BCl2N2O7. The Labute approximate surface area is 197 Å². The van der Waals surface area contributed by atoms with Crippen LogP contribution in [0.15, 0.2) is 18.2 Å². The van der Waals surface area contributed by atoms with Crippen molar-refractivity contribution in [3.8, 4) is 0 Å². The lowest BCUT2D eigenvalue weighted by molar-refractivity contribution is -0.162. The summed E-state index contributed by atoms with van der Waals surface area (Å²) in [7, 11) is -0.00650. The highest BCUT2D eigenvalue weighted by atomic mass is 35.5. The van der Waals surface area contributed by atoms with Crippen molar-refractivity contribution < 1.29 is 34.7 Å². The fourth-order valence-electron chi connectivity index (χ4n) is 3.31. The number of benzene rings is 1. The number of halogens is 2. The molecule has 12 heteroatoms. The molecule has 0 bridgehead atoms. The highest BCUT2D eigenvalue weighted by Gasteiger charge is 2.48. The van der Waals surface area contributed by atoms with Crippen molar-refractivity contribution in [3.63, 3.8) is 0 Å². The number of rotatable bonds is 9. The molecule has 0 aromatic heterocycles. The van der Waals surface area contributed by atoms with Crippen LogP contribution >= 0.6 is 23.2 Å². The Balaban J connectivity index is 0.00000544. The molecule has 9 nitrogen and oxygen atoms in total. The maximum Gasteiger partial charge on any atom is 0.531 e. The first-order valence-electron chi connectivity index (χ1n) is 9.97. The van der Waals surface area contributed by atoms with E-state index < -0.39 is 42.9 Å². The van der Waals surface area contributed by atoms with E-state index in [4.69, 9.17) is 38.2 Å². The van der Waals surface area contributed by atoms with Gasteiger partial charge in [0.25, 0.3) is 5.91 Å². The van der Waals surface area contributed by atoms with Gasteiger partial charge in [-0.15, -0.1) is 0 Å². The van der Waals surface area contributed by atoms with E-state index in [2.05, 4.69) is 10.1 Å². The fraction of sp³-hybridized carbons (Fsp3) is 0.500. The molecule has 1 heterocycles. The summed E-state index contributed by atoms with van der Waals surface area (Å²) in [5, 5.41) is 3.04. The van der Waals surface area contributed by atoms with Crippen molar-refractivity contribution in [2.75, 3.05) is 13.7 Å². The van der Waals surface area contributed by atoms with Crippen molar-refractivity contribution in [2.24, 2.45) is 11.7 Å². The molecule has 32 heavy (non-hydrogen) atoms. The fourth-order valence-corrected chi connectivity index (χ4v) is 3.68. The topological polar surface area (TPSA) is 134 Å². The summed E-state index contributed by atoms with van der Waals surface area (Å²) in [6, 6.07) is 3.10. The van der Waals surface area contributed by atoms with E-state index in [1.165, 1.54) is 12.1 Å². The monoisotopic (exact) mass is 488 g/mol. The summed E-state index contributed by atoms with van der Waals surface area (Å²) in [5.74, 6) is -2.93. The standard InChI is InChI=1S/C20H25BCl2N2O7.H2/c1-10(2)6-11(21-31-17(20(29)30-3)16(24)19(28)32-21)7-13(26)9-25-18(27)14-8-12(22)4-5-15(14)23;/h4-5,8,10-11,16-17H,6-7,9,24H2,1-3H3,(H,25,27);1H/t11-,16+,17-;/m1./s1. The number of esters is 1. The van der Waals surface area contributed by atoms with Crippen LogP contribution in [-0.2, 0) is 28.4 Å². The summed E-state index contributed by atoms with van der Waals surface area (Å²) in [6.07, 6.45) is -0.940. The second-order valence-electron chi connectivity index (χ2n) is 7.85. The Morgan fingerprint density at radius 3 is 2.62 bits per heavy atom. The van der Waals surface area contributed by atoms with Crippen molar-refractivity contribution in [3.05, 3.63) is 33.8 Å². The van der Waals surface area contributed by atoms with E-state index >= 15 is 0 Å². The summed E-state index contributed by atoms with van der Waals surface area (Å²) in [4.78, 5) is 49.0. The molecule has 1 aliphatic rings. The molecule has 176 valence electrons. The lowest BCUT2D eigenvalue weighted by atomic mass is 9.64. The van der Waals surface area contributed by atoms with Crippen LogP contribution in [0.2, 0.25) is 15.9 Å². The molecule has 1 aromatic carbocycles. The van der Waals surface area contributed by atoms with Crippen molar-refractivity contribution in [1.82, 2.24) is 5.32 Å². The van der Waals surface area contributed by atoms with Gasteiger partial charge in [0.2, 0.25) is 0 Å². The first-order chi connectivity index (χ1) is 15.0. The molecule has 1 aromatic rings. The zero-order chi connectivity index (χ0) is 24.0. The normalized spacial score (nSPS) is 19.3. The number of ether oxygens (including phenoxy) is 1. The van der Waals surface area contributed by atoms with Gasteiger partial charge in [0, 0.05) is 18.7 Å². The van der Waals surface area contributed by atoms with Crippen LogP contribution in [0.3, 0.4) is 0 Å². The maximum absolute atomic E-state index is 12.6. The van der Waals surface area contributed by atoms with Crippen molar-refractivity contribution in [2.45, 2.75) is 44.7 Å². The van der Waals surface area contributed by atoms with Crippen LogP contribution in [0.4, 0.5) is 0 Å². The summed E-state index contributed by atoms with van der Waals surface area (Å²) < 4.78 is 15.5. The average molecular weight is 489 g/mol. The third-order valence-corrected chi connectivity index (χ3v) is 5.38. The number of methoxy groups -OCH3 is 1. The molecule has 3 N–H and O–H groups in total. The zero-order valence-electron chi connectivity index (χ0n) is 17.9. The van der Waals surface area contributed by atoms with E-state index in [1.807, 2.05) is 13.8 Å². The second-order valence-corrected chi connectivity index (χ2v) is 8.69. The number of ketones is 1. The van der Waals surface area contributed by atoms with Gasteiger partial charge in [-0.25, -0.2) is 4.79 Å². The largest absolute Gasteiger partial charge is 0.531 e. The molecule has 2 rings (SSSR count). The zero-order valence-corrected chi connectivity index (χ0v) is 19.4. The third-order valence-electron chi connectivity index (χ3n) is 4.81. The Bertz CT molecular complexity index is 890. The average Bonchev–Trinajstić information content (AvgIpc) is 2.74. The lowest BCUT2D eigenvalue weighted by Crippen LogP contribution is -2.58. The highest BCUT2D eigenvalue weighted by Crippen LogP contribution is 2.30. The highest BCUT2D eigenvalue weighted by molar-refractivity contribution is 6.50. The van der Waals surface area contributed by atoms with Crippen LogP contribution in [0, 0.1) is 5.92 Å². The van der Waals surface area contributed by atoms with Crippen LogP contribution < -0.4 is 11.1 Å². The predicted molar refractivity (Wildman–Crippen MR) is 120 cm³/mol. The van der Waals surface area contributed by atoms with Gasteiger partial charge in [0.1, 0.15) is 6.04 Å². The van der Waals surface area contributed by atoms with E-state index in [1.54, 1.807) is 6.07 Å². The van der Waals surface area contributed by atoms with Crippen LogP contribution in [0.5, 0.6) is 0 Å². The van der Waals surface area contributed by atoms with Crippen molar-refractivity contribution >= 4 is 53.9 Å².